The van der Waals surface area contributed by atoms with Gasteiger partial charge < -0.3 is 10.3 Å². The van der Waals surface area contributed by atoms with E-state index in [-0.39, 0.29) is 11.9 Å². The zero-order valence-corrected chi connectivity index (χ0v) is 9.89. The van der Waals surface area contributed by atoms with Crippen molar-refractivity contribution in [3.8, 4) is 0 Å². The molecule has 5 heteroatoms. The second-order valence-electron chi connectivity index (χ2n) is 4.14. The molecular weight excluding hydrogens is 219 g/mol. The average Bonchev–Trinajstić information content (AvgIpc) is 2.61. The monoisotopic (exact) mass is 234 g/mol. The molecular formula is C12H15FN4. The van der Waals surface area contributed by atoms with Gasteiger partial charge in [-0.05, 0) is 25.5 Å². The molecule has 2 N–H and O–H groups in total. The Morgan fingerprint density at radius 2 is 2.24 bits per heavy atom. The summed E-state index contributed by atoms with van der Waals surface area (Å²) in [5, 5.41) is 0. The molecule has 2 heterocycles. The molecule has 0 saturated carbocycles. The van der Waals surface area contributed by atoms with Crippen molar-refractivity contribution in [3.63, 3.8) is 0 Å². The Labute approximate surface area is 99.3 Å². The summed E-state index contributed by atoms with van der Waals surface area (Å²) in [5.41, 5.74) is 7.41. The maximum absolute atomic E-state index is 13.0. The minimum atomic E-state index is -0.326. The Morgan fingerprint density at radius 3 is 2.82 bits per heavy atom. The first-order chi connectivity index (χ1) is 8.06. The molecule has 90 valence electrons. The lowest BCUT2D eigenvalue weighted by Crippen LogP contribution is -2.05. The van der Waals surface area contributed by atoms with Crippen molar-refractivity contribution in [2.24, 2.45) is 5.73 Å². The predicted octanol–water partition coefficient (Wildman–Crippen LogP) is 1.79. The van der Waals surface area contributed by atoms with Crippen LogP contribution < -0.4 is 5.73 Å². The van der Waals surface area contributed by atoms with Gasteiger partial charge in [0, 0.05) is 18.4 Å². The molecule has 0 aromatic carbocycles. The van der Waals surface area contributed by atoms with Crippen LogP contribution in [-0.4, -0.2) is 14.5 Å². The summed E-state index contributed by atoms with van der Waals surface area (Å²) in [6.45, 7) is 4.34. The van der Waals surface area contributed by atoms with E-state index in [2.05, 4.69) is 9.97 Å². The highest BCUT2D eigenvalue weighted by molar-refractivity contribution is 5.14. The van der Waals surface area contributed by atoms with Gasteiger partial charge in [0.2, 0.25) is 0 Å². The lowest BCUT2D eigenvalue weighted by molar-refractivity contribution is 0.615. The van der Waals surface area contributed by atoms with Crippen LogP contribution in [0.5, 0.6) is 0 Å². The molecule has 2 aromatic heterocycles. The van der Waals surface area contributed by atoms with Gasteiger partial charge in [-0.3, -0.25) is 4.98 Å². The second-order valence-corrected chi connectivity index (χ2v) is 4.14. The van der Waals surface area contributed by atoms with Crippen LogP contribution in [0.25, 0.3) is 0 Å². The number of imidazole rings is 1. The van der Waals surface area contributed by atoms with Gasteiger partial charge in [-0.25, -0.2) is 9.37 Å². The number of aryl methyl sites for hydroxylation is 1. The highest BCUT2D eigenvalue weighted by Gasteiger charge is 2.08. The molecule has 0 bridgehead atoms. The second kappa shape index (κ2) is 4.63. The molecule has 2 rings (SSSR count). The topological polar surface area (TPSA) is 56.7 Å². The zero-order valence-electron chi connectivity index (χ0n) is 9.89. The number of aromatic nitrogens is 3. The van der Waals surface area contributed by atoms with E-state index < -0.39 is 0 Å². The van der Waals surface area contributed by atoms with E-state index >= 15 is 0 Å². The van der Waals surface area contributed by atoms with Gasteiger partial charge in [-0.1, -0.05) is 0 Å². The maximum Gasteiger partial charge on any atom is 0.141 e. The van der Waals surface area contributed by atoms with E-state index in [0.717, 1.165) is 17.1 Å². The fraction of sp³-hybridized carbons (Fsp3) is 0.333. The van der Waals surface area contributed by atoms with Crippen LogP contribution >= 0.6 is 0 Å². The molecule has 2 aromatic rings. The molecule has 0 aliphatic carbocycles. The molecule has 4 nitrogen and oxygen atoms in total. The van der Waals surface area contributed by atoms with Crippen LogP contribution in [-0.2, 0) is 6.54 Å². The van der Waals surface area contributed by atoms with Crippen LogP contribution in [0.1, 0.15) is 30.0 Å². The van der Waals surface area contributed by atoms with Crippen LogP contribution in [0.4, 0.5) is 4.39 Å². The summed E-state index contributed by atoms with van der Waals surface area (Å²) in [6, 6.07) is 1.37. The zero-order chi connectivity index (χ0) is 12.4. The van der Waals surface area contributed by atoms with Crippen LogP contribution in [0.15, 0.2) is 24.7 Å². The molecule has 0 saturated heterocycles. The van der Waals surface area contributed by atoms with Crippen LogP contribution in [0.3, 0.4) is 0 Å². The van der Waals surface area contributed by atoms with Crippen molar-refractivity contribution in [2.75, 3.05) is 0 Å². The van der Waals surface area contributed by atoms with Gasteiger partial charge >= 0.3 is 0 Å². The standard InChI is InChI=1S/C12H15FN4/c1-8(14)12-7-17(9(2)16-12)6-10-3-11(13)5-15-4-10/h3-5,7-8H,6,14H2,1-2H3. The van der Waals surface area contributed by atoms with E-state index in [9.17, 15) is 4.39 Å². The third kappa shape index (κ3) is 2.68. The van der Waals surface area contributed by atoms with E-state index in [1.807, 2.05) is 24.6 Å². The normalized spacial score (nSPS) is 12.7. The summed E-state index contributed by atoms with van der Waals surface area (Å²) in [7, 11) is 0. The van der Waals surface area contributed by atoms with Crippen LogP contribution in [0, 0.1) is 12.7 Å². The fourth-order valence-electron chi connectivity index (χ4n) is 1.65. The Bertz CT molecular complexity index is 519. The minimum absolute atomic E-state index is 0.0967. The summed E-state index contributed by atoms with van der Waals surface area (Å²) < 4.78 is 14.9. The number of pyridine rings is 1. The molecule has 0 amide bonds. The first-order valence-electron chi connectivity index (χ1n) is 5.45. The average molecular weight is 234 g/mol. The fourth-order valence-corrected chi connectivity index (χ4v) is 1.65. The Morgan fingerprint density at radius 1 is 1.47 bits per heavy atom. The van der Waals surface area contributed by atoms with Crippen molar-refractivity contribution in [1.29, 1.82) is 0 Å². The molecule has 0 radical (unpaired) electrons. The van der Waals surface area contributed by atoms with Crippen molar-refractivity contribution in [1.82, 2.24) is 14.5 Å². The van der Waals surface area contributed by atoms with Gasteiger partial charge in [-0.2, -0.15) is 0 Å². The number of hydrogen-bond donors (Lipinski definition) is 1. The van der Waals surface area contributed by atoms with Gasteiger partial charge in [0.1, 0.15) is 11.6 Å². The smallest absolute Gasteiger partial charge is 0.141 e. The van der Waals surface area contributed by atoms with Gasteiger partial charge in [0.15, 0.2) is 0 Å². The van der Waals surface area contributed by atoms with Gasteiger partial charge in [0.05, 0.1) is 18.4 Å². The number of halogens is 1. The number of nitrogens with two attached hydrogens (primary N) is 1. The Hall–Kier alpha value is -1.75. The van der Waals surface area contributed by atoms with Gasteiger partial charge in [0.25, 0.3) is 0 Å². The van der Waals surface area contributed by atoms with Crippen LogP contribution in [0.2, 0.25) is 0 Å². The highest BCUT2D eigenvalue weighted by atomic mass is 19.1. The summed E-state index contributed by atoms with van der Waals surface area (Å²) in [6.07, 6.45) is 4.73. The lowest BCUT2D eigenvalue weighted by Gasteiger charge is -2.04. The molecule has 0 spiro atoms. The highest BCUT2D eigenvalue weighted by Crippen LogP contribution is 2.12. The van der Waals surface area contributed by atoms with E-state index in [4.69, 9.17) is 5.73 Å². The first kappa shape index (κ1) is 11.7. The lowest BCUT2D eigenvalue weighted by atomic mass is 10.2. The summed E-state index contributed by atoms with van der Waals surface area (Å²) in [4.78, 5) is 8.17. The predicted molar refractivity (Wildman–Crippen MR) is 62.9 cm³/mol. The molecule has 17 heavy (non-hydrogen) atoms. The summed E-state index contributed by atoms with van der Waals surface area (Å²) in [5.74, 6) is 0.536. The summed E-state index contributed by atoms with van der Waals surface area (Å²) >= 11 is 0. The van der Waals surface area contributed by atoms with E-state index in [1.165, 1.54) is 12.3 Å². The number of hydrogen-bond acceptors (Lipinski definition) is 3. The maximum atomic E-state index is 13.0. The van der Waals surface area contributed by atoms with E-state index in [0.29, 0.717) is 6.54 Å². The van der Waals surface area contributed by atoms with Crippen molar-refractivity contribution < 1.29 is 4.39 Å². The molecule has 0 fully saturated rings. The largest absolute Gasteiger partial charge is 0.330 e. The third-order valence-corrected chi connectivity index (χ3v) is 2.58. The SMILES string of the molecule is Cc1nc(C(C)N)cn1Cc1cncc(F)c1. The van der Waals surface area contributed by atoms with Crippen molar-refractivity contribution >= 4 is 0 Å². The molecule has 0 aliphatic heterocycles. The van der Waals surface area contributed by atoms with Crippen molar-refractivity contribution in [2.45, 2.75) is 26.4 Å². The Balaban J connectivity index is 2.24. The minimum Gasteiger partial charge on any atom is -0.330 e. The van der Waals surface area contributed by atoms with Crippen molar-refractivity contribution in [3.05, 3.63) is 47.6 Å². The van der Waals surface area contributed by atoms with E-state index in [1.54, 1.807) is 6.20 Å². The van der Waals surface area contributed by atoms with Gasteiger partial charge in [-0.15, -0.1) is 0 Å². The number of rotatable bonds is 3. The number of nitrogens with zero attached hydrogens (tertiary/aromatic N) is 3. The first-order valence-corrected chi connectivity index (χ1v) is 5.45. The quantitative estimate of drug-likeness (QED) is 0.880. The third-order valence-electron chi connectivity index (χ3n) is 2.58. The molecule has 1 unspecified atom stereocenters. The Kier molecular flexibility index (Phi) is 3.19. The molecule has 0 aliphatic rings. The molecule has 1 atom stereocenters.